The second kappa shape index (κ2) is 8.33. The summed E-state index contributed by atoms with van der Waals surface area (Å²) in [6.07, 6.45) is -5.73. The van der Waals surface area contributed by atoms with Crippen molar-refractivity contribution in [3.63, 3.8) is 0 Å². The molecule has 1 aliphatic rings. The fraction of sp³-hybridized carbons (Fsp3) is 0.538. The van der Waals surface area contributed by atoms with Crippen LogP contribution in [-0.4, -0.2) is 42.4 Å². The standard InChI is InChI=1S/C13H15FN6O3/c14-10-11(18-20-16)13(22-7-8-4-2-1-3-5-8)23-9(12(10)21)6-17-19-15/h1-5,9-13,21H,6-7H2/t9-,10-,11-,12-,13-/m1/s1. The van der Waals surface area contributed by atoms with E-state index >= 15 is 0 Å². The number of benzene rings is 1. The van der Waals surface area contributed by atoms with Crippen molar-refractivity contribution in [3.8, 4) is 0 Å². The van der Waals surface area contributed by atoms with Crippen LogP contribution in [0.4, 0.5) is 4.39 Å². The summed E-state index contributed by atoms with van der Waals surface area (Å²) in [5.74, 6) is 0. The molecule has 1 aliphatic heterocycles. The third-order valence-electron chi connectivity index (χ3n) is 3.39. The Kier molecular flexibility index (Phi) is 6.16. The zero-order valence-electron chi connectivity index (χ0n) is 12.0. The summed E-state index contributed by atoms with van der Waals surface area (Å²) in [5.41, 5.74) is 17.7. The molecule has 10 heteroatoms. The van der Waals surface area contributed by atoms with Crippen LogP contribution in [0.1, 0.15) is 5.56 Å². The van der Waals surface area contributed by atoms with Crippen molar-refractivity contribution in [3.05, 3.63) is 56.8 Å². The molecule has 0 amide bonds. The minimum atomic E-state index is -1.89. The number of ether oxygens (including phenoxy) is 2. The zero-order valence-corrected chi connectivity index (χ0v) is 12.0. The molecule has 1 saturated heterocycles. The molecule has 2 rings (SSSR count). The van der Waals surface area contributed by atoms with Gasteiger partial charge in [-0.25, -0.2) is 4.39 Å². The fourth-order valence-corrected chi connectivity index (χ4v) is 2.23. The van der Waals surface area contributed by atoms with E-state index in [4.69, 9.17) is 20.5 Å². The van der Waals surface area contributed by atoms with E-state index in [9.17, 15) is 9.50 Å². The van der Waals surface area contributed by atoms with Gasteiger partial charge in [-0.15, -0.1) is 0 Å². The van der Waals surface area contributed by atoms with E-state index in [1.165, 1.54) is 0 Å². The minimum absolute atomic E-state index is 0.111. The van der Waals surface area contributed by atoms with Crippen LogP contribution < -0.4 is 0 Å². The highest BCUT2D eigenvalue weighted by molar-refractivity contribution is 5.13. The minimum Gasteiger partial charge on any atom is -0.387 e. The largest absolute Gasteiger partial charge is 0.387 e. The lowest BCUT2D eigenvalue weighted by molar-refractivity contribution is -0.250. The van der Waals surface area contributed by atoms with E-state index in [0.717, 1.165) is 5.56 Å². The highest BCUT2D eigenvalue weighted by Gasteiger charge is 2.45. The third-order valence-corrected chi connectivity index (χ3v) is 3.39. The van der Waals surface area contributed by atoms with E-state index in [0.29, 0.717) is 0 Å². The zero-order chi connectivity index (χ0) is 16.7. The van der Waals surface area contributed by atoms with Gasteiger partial charge in [0.2, 0.25) is 0 Å². The lowest BCUT2D eigenvalue weighted by Crippen LogP contribution is -2.56. The van der Waals surface area contributed by atoms with Crippen LogP contribution in [0.5, 0.6) is 0 Å². The summed E-state index contributed by atoms with van der Waals surface area (Å²) >= 11 is 0. The Morgan fingerprint density at radius 2 is 2.00 bits per heavy atom. The van der Waals surface area contributed by atoms with Crippen molar-refractivity contribution in [1.82, 2.24) is 0 Å². The highest BCUT2D eigenvalue weighted by Crippen LogP contribution is 2.28. The first-order valence-corrected chi connectivity index (χ1v) is 6.85. The Bertz CT molecular complexity index is 603. The number of hydrogen-bond acceptors (Lipinski definition) is 5. The van der Waals surface area contributed by atoms with Crippen LogP contribution in [-0.2, 0) is 16.1 Å². The molecular formula is C13H15FN6O3. The summed E-state index contributed by atoms with van der Waals surface area (Å²) in [5, 5.41) is 16.4. The van der Waals surface area contributed by atoms with Crippen LogP contribution >= 0.6 is 0 Å². The van der Waals surface area contributed by atoms with Crippen molar-refractivity contribution < 1.29 is 19.0 Å². The lowest BCUT2D eigenvalue weighted by Gasteiger charge is -2.39. The van der Waals surface area contributed by atoms with E-state index in [1.807, 2.05) is 30.3 Å². The van der Waals surface area contributed by atoms with E-state index in [2.05, 4.69) is 20.1 Å². The molecule has 122 valence electrons. The number of hydrogen-bond donors (Lipinski definition) is 1. The Balaban J connectivity index is 2.11. The van der Waals surface area contributed by atoms with Crippen LogP contribution in [0, 0.1) is 0 Å². The number of halogens is 1. The van der Waals surface area contributed by atoms with Crippen molar-refractivity contribution in [1.29, 1.82) is 0 Å². The molecular weight excluding hydrogens is 307 g/mol. The SMILES string of the molecule is [N-]=[N+]=NC[C@H]1O[C@@H](OCc2ccccc2)[C@H](N=[N+]=[N-])[C@@H](F)[C@@H]1O. The Labute approximate surface area is 130 Å². The molecule has 1 fully saturated rings. The third kappa shape index (κ3) is 4.32. The molecule has 1 N–H and O–H groups in total. The van der Waals surface area contributed by atoms with Gasteiger partial charge in [0.05, 0.1) is 19.3 Å². The fourth-order valence-electron chi connectivity index (χ4n) is 2.23. The molecule has 5 atom stereocenters. The van der Waals surface area contributed by atoms with E-state index in [-0.39, 0.29) is 13.2 Å². The first kappa shape index (κ1) is 17.0. The Hall–Kier alpha value is -2.35. The van der Waals surface area contributed by atoms with Crippen molar-refractivity contribution >= 4 is 0 Å². The summed E-state index contributed by atoms with van der Waals surface area (Å²) in [6.45, 7) is -0.147. The van der Waals surface area contributed by atoms with Gasteiger partial charge in [-0.1, -0.05) is 40.6 Å². The average Bonchev–Trinajstić information content (AvgIpc) is 2.58. The highest BCUT2D eigenvalue weighted by atomic mass is 19.1. The van der Waals surface area contributed by atoms with Crippen molar-refractivity contribution in [2.24, 2.45) is 10.2 Å². The smallest absolute Gasteiger partial charge is 0.169 e. The molecule has 0 radical (unpaired) electrons. The summed E-state index contributed by atoms with van der Waals surface area (Å²) < 4.78 is 25.2. The quantitative estimate of drug-likeness (QED) is 0.489. The Morgan fingerprint density at radius 3 is 2.65 bits per heavy atom. The van der Waals surface area contributed by atoms with Gasteiger partial charge < -0.3 is 14.6 Å². The lowest BCUT2D eigenvalue weighted by atomic mass is 9.98. The van der Waals surface area contributed by atoms with Gasteiger partial charge in [-0.05, 0) is 16.6 Å². The summed E-state index contributed by atoms with van der Waals surface area (Å²) in [4.78, 5) is 5.12. The van der Waals surface area contributed by atoms with Gasteiger partial charge >= 0.3 is 0 Å². The molecule has 0 unspecified atom stereocenters. The van der Waals surface area contributed by atoms with Gasteiger partial charge in [-0.3, -0.25) is 0 Å². The topological polar surface area (TPSA) is 136 Å². The van der Waals surface area contributed by atoms with E-state index in [1.54, 1.807) is 0 Å². The van der Waals surface area contributed by atoms with Gasteiger partial charge in [0, 0.05) is 9.82 Å². The van der Waals surface area contributed by atoms with E-state index < -0.39 is 30.7 Å². The molecule has 0 aliphatic carbocycles. The average molecular weight is 322 g/mol. The number of aliphatic hydroxyl groups is 1. The molecule has 0 aromatic heterocycles. The second-order valence-corrected chi connectivity index (χ2v) is 4.88. The molecule has 0 bridgehead atoms. The molecule has 1 aromatic carbocycles. The van der Waals surface area contributed by atoms with Crippen LogP contribution in [0.2, 0.25) is 0 Å². The number of nitrogens with zero attached hydrogens (tertiary/aromatic N) is 6. The number of rotatable bonds is 6. The molecule has 23 heavy (non-hydrogen) atoms. The molecule has 1 aromatic rings. The van der Waals surface area contributed by atoms with Gasteiger partial charge in [0.25, 0.3) is 0 Å². The first-order valence-electron chi connectivity index (χ1n) is 6.85. The normalized spacial score (nSPS) is 30.1. The maximum atomic E-state index is 14.3. The molecule has 0 saturated carbocycles. The van der Waals surface area contributed by atoms with Gasteiger partial charge in [-0.2, -0.15) is 0 Å². The van der Waals surface area contributed by atoms with Crippen molar-refractivity contribution in [2.75, 3.05) is 6.54 Å². The predicted octanol–water partition coefficient (Wildman–Crippen LogP) is 2.62. The van der Waals surface area contributed by atoms with Crippen LogP contribution in [0.3, 0.4) is 0 Å². The van der Waals surface area contributed by atoms with Gasteiger partial charge in [0.1, 0.15) is 18.3 Å². The van der Waals surface area contributed by atoms with Crippen molar-refractivity contribution in [2.45, 2.75) is 37.3 Å². The maximum Gasteiger partial charge on any atom is 0.169 e. The summed E-state index contributed by atoms with van der Waals surface area (Å²) in [7, 11) is 0. The maximum absolute atomic E-state index is 14.3. The monoisotopic (exact) mass is 322 g/mol. The molecule has 1 heterocycles. The predicted molar refractivity (Wildman–Crippen MR) is 77.7 cm³/mol. The molecule has 9 nitrogen and oxygen atoms in total. The van der Waals surface area contributed by atoms with Gasteiger partial charge in [0.15, 0.2) is 6.29 Å². The second-order valence-electron chi connectivity index (χ2n) is 4.88. The number of azide groups is 2. The van der Waals surface area contributed by atoms with Crippen LogP contribution in [0.25, 0.3) is 20.9 Å². The molecule has 0 spiro atoms. The van der Waals surface area contributed by atoms with Crippen LogP contribution in [0.15, 0.2) is 40.6 Å². The number of alkyl halides is 1. The first-order chi connectivity index (χ1) is 11.2. The number of aliphatic hydroxyl groups excluding tert-OH is 1. The Morgan fingerprint density at radius 1 is 1.26 bits per heavy atom. The summed E-state index contributed by atoms with van der Waals surface area (Å²) in [6, 6.07) is 7.76.